The zero-order valence-corrected chi connectivity index (χ0v) is 23.3. The van der Waals surface area contributed by atoms with Crippen LogP contribution in [0.1, 0.15) is 35.7 Å². The van der Waals surface area contributed by atoms with Gasteiger partial charge in [-0.2, -0.15) is 0 Å². The molecule has 3 heterocycles. The van der Waals surface area contributed by atoms with Gasteiger partial charge in [0.05, 0.1) is 10.7 Å². The Kier molecular flexibility index (Phi) is 8.43. The lowest BCUT2D eigenvalue weighted by Gasteiger charge is -2.36. The number of benzene rings is 2. The number of amides is 1. The highest BCUT2D eigenvalue weighted by molar-refractivity contribution is 7.98. The molecule has 9 heteroatoms. The van der Waals surface area contributed by atoms with Gasteiger partial charge in [-0.3, -0.25) is 4.79 Å². The molecule has 37 heavy (non-hydrogen) atoms. The van der Waals surface area contributed by atoms with E-state index < -0.39 is 0 Å². The largest absolute Gasteiger partial charge is 0.367 e. The number of piperidine rings is 1. The maximum atomic E-state index is 13.1. The summed E-state index contributed by atoms with van der Waals surface area (Å²) in [5, 5.41) is 1.90. The normalized spacial score (nSPS) is 16.8. The first-order valence-corrected chi connectivity index (χ1v) is 14.5. The quantitative estimate of drug-likeness (QED) is 0.203. The molecule has 0 bridgehead atoms. The van der Waals surface area contributed by atoms with Crippen LogP contribution >= 0.6 is 35.0 Å². The van der Waals surface area contributed by atoms with E-state index in [-0.39, 0.29) is 5.91 Å². The Morgan fingerprint density at radius 3 is 2.32 bits per heavy atom. The van der Waals surface area contributed by atoms with Crippen LogP contribution in [0.2, 0.25) is 10.2 Å². The van der Waals surface area contributed by atoms with Crippen LogP contribution < -0.4 is 9.80 Å². The number of hydrogen-bond donors (Lipinski definition) is 0. The van der Waals surface area contributed by atoms with Gasteiger partial charge in [0.2, 0.25) is 0 Å². The number of carbonyl (C=O) groups excluding carboxylic acids is 1. The molecule has 0 atom stereocenters. The average Bonchev–Trinajstić information content (AvgIpc) is 2.92. The van der Waals surface area contributed by atoms with Crippen molar-refractivity contribution in [3.63, 3.8) is 0 Å². The molecule has 2 fully saturated rings. The summed E-state index contributed by atoms with van der Waals surface area (Å²) in [4.78, 5) is 28.7. The van der Waals surface area contributed by atoms with E-state index in [4.69, 9.17) is 28.2 Å². The fraction of sp³-hybridized carbons (Fsp3) is 0.393. The zero-order chi connectivity index (χ0) is 25.8. The predicted molar refractivity (Wildman–Crippen MR) is 153 cm³/mol. The summed E-state index contributed by atoms with van der Waals surface area (Å²) < 4.78 is 0. The first-order valence-electron chi connectivity index (χ1n) is 12.8. The highest BCUT2D eigenvalue weighted by Gasteiger charge is 2.23. The van der Waals surface area contributed by atoms with E-state index in [1.54, 1.807) is 11.8 Å². The van der Waals surface area contributed by atoms with E-state index in [0.29, 0.717) is 34.7 Å². The Morgan fingerprint density at radius 2 is 1.62 bits per heavy atom. The van der Waals surface area contributed by atoms with Crippen molar-refractivity contribution in [3.8, 4) is 0 Å². The van der Waals surface area contributed by atoms with E-state index in [1.807, 2.05) is 59.5 Å². The number of thioether (sulfide) groups is 1. The molecule has 2 saturated heterocycles. The van der Waals surface area contributed by atoms with Crippen molar-refractivity contribution in [1.82, 2.24) is 14.9 Å². The van der Waals surface area contributed by atoms with Crippen LogP contribution in [0.4, 0.5) is 11.5 Å². The number of anilines is 2. The molecule has 2 aromatic carbocycles. The first kappa shape index (κ1) is 26.1. The average molecular weight is 557 g/mol. The molecule has 3 aromatic rings. The van der Waals surface area contributed by atoms with E-state index in [0.717, 1.165) is 54.2 Å². The summed E-state index contributed by atoms with van der Waals surface area (Å²) in [5.74, 6) is 2.44. The Morgan fingerprint density at radius 1 is 0.919 bits per heavy atom. The lowest BCUT2D eigenvalue weighted by molar-refractivity contribution is 0.0747. The molecule has 0 unspecified atom stereocenters. The molecular formula is C28H31Cl2N5OS. The second-order valence-electron chi connectivity index (χ2n) is 9.72. The van der Waals surface area contributed by atoms with Crippen molar-refractivity contribution in [1.29, 1.82) is 0 Å². The van der Waals surface area contributed by atoms with Gasteiger partial charge in [-0.15, -0.1) is 0 Å². The summed E-state index contributed by atoms with van der Waals surface area (Å²) in [6.07, 6.45) is 2.35. The van der Waals surface area contributed by atoms with Crippen molar-refractivity contribution in [2.75, 3.05) is 49.1 Å². The number of aromatic nitrogens is 2. The Hall–Kier alpha value is -2.48. The predicted octanol–water partition coefficient (Wildman–Crippen LogP) is 6.27. The number of hydrogen-bond acceptors (Lipinski definition) is 6. The Balaban J connectivity index is 1.15. The van der Waals surface area contributed by atoms with Gasteiger partial charge in [0.15, 0.2) is 5.16 Å². The van der Waals surface area contributed by atoms with Gasteiger partial charge in [0.25, 0.3) is 5.91 Å². The van der Waals surface area contributed by atoms with E-state index in [9.17, 15) is 4.79 Å². The Labute approximate surface area is 233 Å². The summed E-state index contributed by atoms with van der Waals surface area (Å²) in [7, 11) is 0. The minimum Gasteiger partial charge on any atom is -0.367 e. The molecule has 2 aliphatic rings. The summed E-state index contributed by atoms with van der Waals surface area (Å²) in [6.45, 7) is 7.18. The summed E-state index contributed by atoms with van der Waals surface area (Å²) in [6, 6.07) is 17.6. The van der Waals surface area contributed by atoms with Gasteiger partial charge >= 0.3 is 0 Å². The molecule has 0 spiro atoms. The molecule has 5 rings (SSSR count). The van der Waals surface area contributed by atoms with Crippen LogP contribution in [0.3, 0.4) is 0 Å². The van der Waals surface area contributed by atoms with Crippen molar-refractivity contribution in [2.45, 2.75) is 30.7 Å². The van der Waals surface area contributed by atoms with Crippen molar-refractivity contribution in [3.05, 3.63) is 75.9 Å². The topological polar surface area (TPSA) is 52.6 Å². The lowest BCUT2D eigenvalue weighted by atomic mass is 9.99. The molecule has 0 aliphatic carbocycles. The van der Waals surface area contributed by atoms with Gasteiger partial charge in [-0.05, 0) is 48.6 Å². The van der Waals surface area contributed by atoms with E-state index in [2.05, 4.69) is 21.7 Å². The highest BCUT2D eigenvalue weighted by atomic mass is 35.5. The van der Waals surface area contributed by atoms with Gasteiger partial charge < -0.3 is 14.7 Å². The van der Waals surface area contributed by atoms with Crippen molar-refractivity contribution in [2.24, 2.45) is 5.92 Å². The fourth-order valence-electron chi connectivity index (χ4n) is 4.78. The molecule has 0 saturated carbocycles. The number of para-hydroxylation sites is 1. The minimum absolute atomic E-state index is 0.0664. The third kappa shape index (κ3) is 6.51. The van der Waals surface area contributed by atoms with Crippen LogP contribution in [0.15, 0.2) is 59.8 Å². The molecule has 194 valence electrons. The SMILES string of the molecule is CC1CCN(c2cc(Cl)nc(SCc3ccc(C(=O)N4CCN(c5ccccc5Cl)CC4)cc3)n2)CC1. The van der Waals surface area contributed by atoms with Crippen LogP contribution in [0.25, 0.3) is 0 Å². The van der Waals surface area contributed by atoms with E-state index >= 15 is 0 Å². The third-order valence-electron chi connectivity index (χ3n) is 7.10. The number of halogens is 2. The standard InChI is InChI=1S/C28H31Cl2N5OS/c1-20-10-12-34(13-11-20)26-18-25(30)31-28(32-26)37-19-21-6-8-22(9-7-21)27(36)35-16-14-33(15-17-35)24-5-3-2-4-23(24)29/h2-9,18,20H,10-17,19H2,1H3. The van der Waals surface area contributed by atoms with Crippen molar-refractivity contribution >= 4 is 52.4 Å². The first-order chi connectivity index (χ1) is 18.0. The second-order valence-corrected chi connectivity index (χ2v) is 11.5. The highest BCUT2D eigenvalue weighted by Crippen LogP contribution is 2.28. The third-order valence-corrected chi connectivity index (χ3v) is 8.53. The van der Waals surface area contributed by atoms with Crippen LogP contribution in [-0.2, 0) is 5.75 Å². The maximum absolute atomic E-state index is 13.1. The molecule has 1 aromatic heterocycles. The molecule has 1 amide bonds. The number of piperazine rings is 1. The smallest absolute Gasteiger partial charge is 0.253 e. The maximum Gasteiger partial charge on any atom is 0.253 e. The monoisotopic (exact) mass is 555 g/mol. The Bertz CT molecular complexity index is 1230. The van der Waals surface area contributed by atoms with Gasteiger partial charge in [0, 0.05) is 56.7 Å². The van der Waals surface area contributed by atoms with E-state index in [1.165, 1.54) is 12.8 Å². The molecule has 2 aliphatic heterocycles. The lowest BCUT2D eigenvalue weighted by Crippen LogP contribution is -2.48. The molecule has 0 radical (unpaired) electrons. The van der Waals surface area contributed by atoms with Crippen LogP contribution in [-0.4, -0.2) is 60.0 Å². The molecule has 6 nitrogen and oxygen atoms in total. The molecular weight excluding hydrogens is 525 g/mol. The fourth-order valence-corrected chi connectivity index (χ4v) is 6.07. The molecule has 0 N–H and O–H groups in total. The van der Waals surface area contributed by atoms with Crippen LogP contribution in [0, 0.1) is 5.92 Å². The summed E-state index contributed by atoms with van der Waals surface area (Å²) >= 11 is 14.2. The number of nitrogens with zero attached hydrogens (tertiary/aromatic N) is 5. The number of carbonyl (C=O) groups is 1. The second kappa shape index (κ2) is 11.9. The van der Waals surface area contributed by atoms with Crippen molar-refractivity contribution < 1.29 is 4.79 Å². The van der Waals surface area contributed by atoms with Crippen LogP contribution in [0.5, 0.6) is 0 Å². The van der Waals surface area contributed by atoms with Gasteiger partial charge in [0.1, 0.15) is 11.0 Å². The zero-order valence-electron chi connectivity index (χ0n) is 20.9. The summed E-state index contributed by atoms with van der Waals surface area (Å²) in [5.41, 5.74) is 2.85. The number of rotatable bonds is 6. The van der Waals surface area contributed by atoms with Gasteiger partial charge in [-0.1, -0.05) is 66.2 Å². The van der Waals surface area contributed by atoms with Gasteiger partial charge in [-0.25, -0.2) is 9.97 Å². The minimum atomic E-state index is 0.0664.